The van der Waals surface area contributed by atoms with Crippen molar-refractivity contribution in [2.24, 2.45) is 4.99 Å². The third kappa shape index (κ3) is 6.37. The number of allylic oxidation sites excluding steroid dienone is 1. The highest BCUT2D eigenvalue weighted by atomic mass is 79.9. The van der Waals surface area contributed by atoms with E-state index in [-0.39, 0.29) is 24.9 Å². The second-order valence-corrected chi connectivity index (χ2v) is 11.0. The van der Waals surface area contributed by atoms with Crippen LogP contribution in [-0.4, -0.2) is 42.9 Å². The molecule has 11 heteroatoms. The molecule has 0 aliphatic carbocycles. The molecule has 2 heterocycles. The molecule has 9 nitrogen and oxygen atoms in total. The Morgan fingerprint density at radius 1 is 1.18 bits per heavy atom. The molecule has 0 fully saturated rings. The molecule has 1 aromatic heterocycles. The Morgan fingerprint density at radius 2 is 1.90 bits per heavy atom. The van der Waals surface area contributed by atoms with E-state index in [1.54, 1.807) is 71.2 Å². The molecule has 0 radical (unpaired) electrons. The van der Waals surface area contributed by atoms with Gasteiger partial charge in [-0.15, -0.1) is 0 Å². The molecule has 2 aromatic carbocycles. The van der Waals surface area contributed by atoms with Crippen LogP contribution < -0.4 is 24.4 Å². The number of halogens is 1. The van der Waals surface area contributed by atoms with E-state index in [1.807, 2.05) is 12.1 Å². The van der Waals surface area contributed by atoms with Crippen molar-refractivity contribution in [2.45, 2.75) is 39.8 Å². The molecule has 3 aromatic rings. The Kier molecular flexibility index (Phi) is 9.26. The van der Waals surface area contributed by atoms with Crippen molar-refractivity contribution < 1.29 is 28.5 Å². The first-order valence-electron chi connectivity index (χ1n) is 12.6. The summed E-state index contributed by atoms with van der Waals surface area (Å²) in [5.74, 6) is 0.144. The number of benzene rings is 2. The minimum Gasteiger partial charge on any atom is -0.497 e. The second-order valence-electron chi connectivity index (χ2n) is 9.09. The number of nitrogens with zero attached hydrogens (tertiary/aromatic N) is 2. The van der Waals surface area contributed by atoms with E-state index in [1.165, 1.54) is 15.9 Å². The zero-order chi connectivity index (χ0) is 29.0. The van der Waals surface area contributed by atoms with Crippen LogP contribution in [0.1, 0.15) is 44.9 Å². The Balaban J connectivity index is 1.77. The van der Waals surface area contributed by atoms with Gasteiger partial charge in [-0.25, -0.2) is 14.6 Å². The standard InChI is InChI=1S/C29H29BrN2O7S/c1-6-37-24(33)15-38-22-12-7-18(13-21(22)30)14-23-27(34)32-26(19-8-10-20(36-5)11-9-19)25(28(35)39-16(2)3)17(4)31-29(32)40-23/h7-14,16,26H,6,15H2,1-5H3/b23-14-. The van der Waals surface area contributed by atoms with Crippen molar-refractivity contribution in [2.75, 3.05) is 20.3 Å². The average molecular weight is 630 g/mol. The number of ether oxygens (including phenoxy) is 4. The lowest BCUT2D eigenvalue weighted by molar-refractivity contribution is -0.145. The van der Waals surface area contributed by atoms with E-state index in [0.29, 0.717) is 36.6 Å². The fourth-order valence-electron chi connectivity index (χ4n) is 4.18. The molecular weight excluding hydrogens is 600 g/mol. The van der Waals surface area contributed by atoms with Gasteiger partial charge in [-0.2, -0.15) is 0 Å². The molecule has 1 unspecified atom stereocenters. The summed E-state index contributed by atoms with van der Waals surface area (Å²) >= 11 is 4.70. The van der Waals surface area contributed by atoms with Gasteiger partial charge >= 0.3 is 11.9 Å². The van der Waals surface area contributed by atoms with E-state index in [4.69, 9.17) is 18.9 Å². The maximum Gasteiger partial charge on any atom is 0.344 e. The van der Waals surface area contributed by atoms with Crippen LogP contribution in [0.2, 0.25) is 0 Å². The highest BCUT2D eigenvalue weighted by Gasteiger charge is 2.33. The van der Waals surface area contributed by atoms with Crippen molar-refractivity contribution in [1.29, 1.82) is 0 Å². The maximum absolute atomic E-state index is 13.8. The van der Waals surface area contributed by atoms with Crippen LogP contribution in [0.3, 0.4) is 0 Å². The summed E-state index contributed by atoms with van der Waals surface area (Å²) in [6.45, 7) is 7.09. The number of thiazole rings is 1. The first-order chi connectivity index (χ1) is 19.1. The summed E-state index contributed by atoms with van der Waals surface area (Å²) in [5, 5.41) is 0. The molecule has 0 saturated carbocycles. The predicted octanol–water partition coefficient (Wildman–Crippen LogP) is 3.90. The van der Waals surface area contributed by atoms with Gasteiger partial charge in [0.05, 0.1) is 46.1 Å². The fraction of sp³-hybridized carbons (Fsp3) is 0.310. The number of carbonyl (C=O) groups is 2. The highest BCUT2D eigenvalue weighted by molar-refractivity contribution is 9.10. The van der Waals surface area contributed by atoms with Crippen molar-refractivity contribution in [3.05, 3.63) is 89.0 Å². The molecule has 40 heavy (non-hydrogen) atoms. The molecule has 0 N–H and O–H groups in total. The van der Waals surface area contributed by atoms with E-state index in [2.05, 4.69) is 20.9 Å². The van der Waals surface area contributed by atoms with Gasteiger partial charge in [-0.1, -0.05) is 29.5 Å². The average Bonchev–Trinajstić information content (AvgIpc) is 3.21. The number of hydrogen-bond acceptors (Lipinski definition) is 9. The van der Waals surface area contributed by atoms with Crippen LogP contribution in [-0.2, 0) is 19.1 Å². The van der Waals surface area contributed by atoms with Gasteiger partial charge in [0, 0.05) is 0 Å². The zero-order valence-electron chi connectivity index (χ0n) is 22.7. The van der Waals surface area contributed by atoms with Crippen molar-refractivity contribution in [3.8, 4) is 11.5 Å². The topological polar surface area (TPSA) is 105 Å². The largest absolute Gasteiger partial charge is 0.497 e. The van der Waals surface area contributed by atoms with E-state index < -0.39 is 18.0 Å². The molecule has 4 rings (SSSR count). The molecule has 0 bridgehead atoms. The predicted molar refractivity (Wildman–Crippen MR) is 154 cm³/mol. The van der Waals surface area contributed by atoms with Gasteiger partial charge in [-0.3, -0.25) is 9.36 Å². The Hall–Kier alpha value is -3.70. The number of esters is 2. The van der Waals surface area contributed by atoms with Crippen molar-refractivity contribution in [3.63, 3.8) is 0 Å². The first kappa shape index (κ1) is 29.3. The van der Waals surface area contributed by atoms with Crippen molar-refractivity contribution in [1.82, 2.24) is 4.57 Å². The van der Waals surface area contributed by atoms with Gasteiger partial charge in [-0.05, 0) is 85.1 Å². The smallest absolute Gasteiger partial charge is 0.344 e. The molecule has 1 aliphatic rings. The SMILES string of the molecule is CCOC(=O)COc1ccc(/C=c2\sc3n(c2=O)C(c2ccc(OC)cc2)C(C(=O)OC(C)C)=C(C)N=3)cc1Br. The van der Waals surface area contributed by atoms with Crippen LogP contribution in [0.4, 0.5) is 0 Å². The third-order valence-electron chi connectivity index (χ3n) is 5.92. The number of fused-ring (bicyclic) bond motifs is 1. The van der Waals surface area contributed by atoms with Crippen LogP contribution in [0, 0.1) is 0 Å². The number of methoxy groups -OCH3 is 1. The number of carbonyl (C=O) groups excluding carboxylic acids is 2. The summed E-state index contributed by atoms with van der Waals surface area (Å²) in [7, 11) is 1.57. The zero-order valence-corrected chi connectivity index (χ0v) is 25.1. The van der Waals surface area contributed by atoms with Crippen LogP contribution in [0.25, 0.3) is 6.08 Å². The van der Waals surface area contributed by atoms with Gasteiger partial charge in [0.2, 0.25) is 0 Å². The lowest BCUT2D eigenvalue weighted by Gasteiger charge is -2.25. The Bertz CT molecular complexity index is 1640. The Morgan fingerprint density at radius 3 is 2.52 bits per heavy atom. The summed E-state index contributed by atoms with van der Waals surface area (Å²) < 4.78 is 23.8. The van der Waals surface area contributed by atoms with Crippen LogP contribution in [0.5, 0.6) is 11.5 Å². The Labute approximate surface area is 243 Å². The summed E-state index contributed by atoms with van der Waals surface area (Å²) in [5.41, 5.74) is 1.97. The molecule has 0 spiro atoms. The van der Waals surface area contributed by atoms with E-state index >= 15 is 0 Å². The van der Waals surface area contributed by atoms with Crippen LogP contribution >= 0.6 is 27.3 Å². The summed E-state index contributed by atoms with van der Waals surface area (Å²) in [6.07, 6.45) is 1.41. The van der Waals surface area contributed by atoms with Gasteiger partial charge in [0.25, 0.3) is 5.56 Å². The molecule has 0 saturated heterocycles. The molecule has 210 valence electrons. The molecule has 1 aliphatic heterocycles. The van der Waals surface area contributed by atoms with Gasteiger partial charge in [0.1, 0.15) is 11.5 Å². The quantitative estimate of drug-likeness (QED) is 0.331. The second kappa shape index (κ2) is 12.6. The molecular formula is C29H29BrN2O7S. The molecule has 1 atom stereocenters. The fourth-order valence-corrected chi connectivity index (χ4v) is 5.73. The number of hydrogen-bond donors (Lipinski definition) is 0. The summed E-state index contributed by atoms with van der Waals surface area (Å²) in [4.78, 5) is 43.7. The lowest BCUT2D eigenvalue weighted by Crippen LogP contribution is -2.40. The number of aromatic nitrogens is 1. The first-order valence-corrected chi connectivity index (χ1v) is 14.2. The number of rotatable bonds is 9. The minimum atomic E-state index is -0.721. The third-order valence-corrected chi connectivity index (χ3v) is 7.52. The normalized spacial score (nSPS) is 15.0. The highest BCUT2D eigenvalue weighted by Crippen LogP contribution is 2.32. The van der Waals surface area contributed by atoms with Gasteiger partial charge < -0.3 is 18.9 Å². The van der Waals surface area contributed by atoms with Gasteiger partial charge in [0.15, 0.2) is 11.4 Å². The van der Waals surface area contributed by atoms with E-state index in [9.17, 15) is 14.4 Å². The minimum absolute atomic E-state index is 0.212. The van der Waals surface area contributed by atoms with Crippen LogP contribution in [0.15, 0.2) is 68.0 Å². The van der Waals surface area contributed by atoms with E-state index in [0.717, 1.165) is 11.1 Å². The summed E-state index contributed by atoms with van der Waals surface area (Å²) in [6, 6.07) is 11.8. The maximum atomic E-state index is 13.8. The lowest BCUT2D eigenvalue weighted by atomic mass is 9.96. The monoisotopic (exact) mass is 628 g/mol. The molecule has 0 amide bonds. The van der Waals surface area contributed by atoms with Crippen molar-refractivity contribution >= 4 is 45.3 Å².